The van der Waals surface area contributed by atoms with Crippen LogP contribution in [0.1, 0.15) is 18.5 Å². The van der Waals surface area contributed by atoms with Crippen LogP contribution in [0.5, 0.6) is 0 Å². The fourth-order valence-electron chi connectivity index (χ4n) is 3.01. The Labute approximate surface area is 147 Å². The van der Waals surface area contributed by atoms with Crippen molar-refractivity contribution < 1.29 is 9.90 Å². The number of hydrogen-bond acceptors (Lipinski definition) is 7. The molecule has 0 saturated carbocycles. The first kappa shape index (κ1) is 15.8. The molecule has 0 bridgehead atoms. The van der Waals surface area contributed by atoms with E-state index in [4.69, 9.17) is 5.11 Å². The maximum absolute atomic E-state index is 11.1. The Morgan fingerprint density at radius 3 is 2.88 bits per heavy atom. The molecule has 3 aromatic heterocycles. The summed E-state index contributed by atoms with van der Waals surface area (Å²) in [7, 11) is 0. The van der Waals surface area contributed by atoms with Crippen LogP contribution in [-0.4, -0.2) is 44.3 Å². The largest absolute Gasteiger partial charge is 0.481 e. The number of carboxylic acid groups (broad SMARTS) is 1. The van der Waals surface area contributed by atoms with Crippen molar-refractivity contribution >= 4 is 45.1 Å². The van der Waals surface area contributed by atoms with E-state index in [1.54, 1.807) is 11.3 Å². The zero-order valence-corrected chi connectivity index (χ0v) is 14.5. The summed E-state index contributed by atoms with van der Waals surface area (Å²) in [5, 5.41) is 22.5. The molecule has 0 spiro atoms. The third kappa shape index (κ3) is 3.14. The van der Waals surface area contributed by atoms with Gasteiger partial charge in [0.15, 0.2) is 5.82 Å². The molecule has 8 nitrogen and oxygen atoms in total. The minimum atomic E-state index is -0.717. The van der Waals surface area contributed by atoms with Crippen LogP contribution in [0, 0.1) is 12.8 Å². The number of aryl methyl sites for hydroxylation is 1. The molecule has 4 heterocycles. The fourth-order valence-corrected chi connectivity index (χ4v) is 3.77. The van der Waals surface area contributed by atoms with Gasteiger partial charge in [0, 0.05) is 24.8 Å². The van der Waals surface area contributed by atoms with Crippen LogP contribution in [0.25, 0.3) is 10.2 Å². The van der Waals surface area contributed by atoms with Gasteiger partial charge in [0.2, 0.25) is 5.95 Å². The van der Waals surface area contributed by atoms with Crippen molar-refractivity contribution in [2.24, 2.45) is 5.92 Å². The summed E-state index contributed by atoms with van der Waals surface area (Å²) in [5.41, 5.74) is 0.967. The Bertz CT molecular complexity index is 912. The van der Waals surface area contributed by atoms with Gasteiger partial charge in [-0.25, -0.2) is 4.98 Å². The lowest BCUT2D eigenvalue weighted by molar-refractivity contribution is -0.142. The van der Waals surface area contributed by atoms with E-state index >= 15 is 0 Å². The number of hydrogen-bond donors (Lipinski definition) is 3. The lowest BCUT2D eigenvalue weighted by Crippen LogP contribution is -2.37. The first-order valence-electron chi connectivity index (χ1n) is 8.12. The summed E-state index contributed by atoms with van der Waals surface area (Å²) in [6.45, 7) is 3.24. The van der Waals surface area contributed by atoms with Gasteiger partial charge < -0.3 is 15.3 Å². The van der Waals surface area contributed by atoms with E-state index in [1.165, 1.54) is 0 Å². The van der Waals surface area contributed by atoms with E-state index in [0.717, 1.165) is 15.9 Å². The summed E-state index contributed by atoms with van der Waals surface area (Å²) in [6, 6.07) is 3.90. The number of anilines is 3. The molecule has 0 unspecified atom stereocenters. The fraction of sp³-hybridized carbons (Fsp3) is 0.375. The number of rotatable bonds is 4. The number of aromatic amines is 1. The number of carbonyl (C=O) groups is 1. The van der Waals surface area contributed by atoms with E-state index in [2.05, 4.69) is 30.4 Å². The minimum Gasteiger partial charge on any atom is -0.481 e. The molecular weight excluding hydrogens is 340 g/mol. The van der Waals surface area contributed by atoms with Crippen LogP contribution in [0.2, 0.25) is 0 Å². The van der Waals surface area contributed by atoms with Gasteiger partial charge in [-0.3, -0.25) is 9.89 Å². The Kier molecular flexibility index (Phi) is 4.00. The maximum Gasteiger partial charge on any atom is 0.306 e. The lowest BCUT2D eigenvalue weighted by Gasteiger charge is -2.30. The summed E-state index contributed by atoms with van der Waals surface area (Å²) < 4.78 is 0. The molecule has 1 saturated heterocycles. The summed E-state index contributed by atoms with van der Waals surface area (Å²) in [5.74, 6) is 1.07. The van der Waals surface area contributed by atoms with Gasteiger partial charge in [-0.2, -0.15) is 10.1 Å². The number of aliphatic carboxylic acids is 1. The molecule has 0 aliphatic carbocycles. The van der Waals surface area contributed by atoms with E-state index in [9.17, 15) is 4.79 Å². The number of fused-ring (bicyclic) bond motifs is 1. The van der Waals surface area contributed by atoms with Crippen LogP contribution in [0.4, 0.5) is 17.6 Å². The summed E-state index contributed by atoms with van der Waals surface area (Å²) in [6.07, 6.45) is 1.23. The van der Waals surface area contributed by atoms with Gasteiger partial charge in [0.05, 0.1) is 11.3 Å². The van der Waals surface area contributed by atoms with Crippen molar-refractivity contribution in [3.8, 4) is 0 Å². The van der Waals surface area contributed by atoms with Crippen LogP contribution < -0.4 is 10.2 Å². The summed E-state index contributed by atoms with van der Waals surface area (Å²) in [4.78, 5) is 23.4. The molecule has 9 heteroatoms. The number of nitrogens with one attached hydrogen (secondary N) is 2. The summed E-state index contributed by atoms with van der Waals surface area (Å²) >= 11 is 1.56. The van der Waals surface area contributed by atoms with Crippen molar-refractivity contribution in [1.29, 1.82) is 0 Å². The second-order valence-electron chi connectivity index (χ2n) is 6.17. The Morgan fingerprint density at radius 2 is 2.20 bits per heavy atom. The highest BCUT2D eigenvalue weighted by molar-refractivity contribution is 7.16. The number of H-pyrrole nitrogens is 1. The Balaban J connectivity index is 1.63. The molecule has 25 heavy (non-hydrogen) atoms. The standard InChI is InChI=1S/C16H18N6O2S/c1-9-8-12(21-20-9)17-13-11-4-7-25-14(11)19-16(18-13)22-5-2-10(3-6-22)15(23)24/h4,7-8,10H,2-3,5-6H2,1H3,(H,23,24)(H2,17,18,19,20,21). The molecule has 4 rings (SSSR count). The molecule has 1 aliphatic heterocycles. The molecular formula is C16H18N6O2S. The quantitative estimate of drug-likeness (QED) is 0.658. The average molecular weight is 358 g/mol. The normalized spacial score (nSPS) is 15.6. The first-order chi connectivity index (χ1) is 12.1. The number of aromatic nitrogens is 4. The SMILES string of the molecule is Cc1cc(Nc2nc(N3CCC(C(=O)O)CC3)nc3sccc23)n[nH]1. The molecule has 1 aliphatic rings. The lowest BCUT2D eigenvalue weighted by atomic mass is 9.97. The third-order valence-corrected chi connectivity index (χ3v) is 5.20. The van der Waals surface area contributed by atoms with Crippen molar-refractivity contribution in [2.75, 3.05) is 23.3 Å². The highest BCUT2D eigenvalue weighted by atomic mass is 32.1. The molecule has 0 amide bonds. The molecule has 0 radical (unpaired) electrons. The Hall–Kier alpha value is -2.68. The topological polar surface area (TPSA) is 107 Å². The van der Waals surface area contributed by atoms with E-state index < -0.39 is 5.97 Å². The van der Waals surface area contributed by atoms with Crippen molar-refractivity contribution in [3.05, 3.63) is 23.2 Å². The molecule has 130 valence electrons. The predicted molar refractivity (Wildman–Crippen MR) is 96.6 cm³/mol. The van der Waals surface area contributed by atoms with Crippen LogP contribution in [-0.2, 0) is 4.79 Å². The smallest absolute Gasteiger partial charge is 0.306 e. The average Bonchev–Trinajstić information content (AvgIpc) is 3.23. The number of thiophene rings is 1. The van der Waals surface area contributed by atoms with Gasteiger partial charge >= 0.3 is 5.97 Å². The molecule has 3 aromatic rings. The van der Waals surface area contributed by atoms with Gasteiger partial charge in [0.25, 0.3) is 0 Å². The van der Waals surface area contributed by atoms with Crippen LogP contribution in [0.3, 0.4) is 0 Å². The zero-order valence-electron chi connectivity index (χ0n) is 13.7. The van der Waals surface area contributed by atoms with E-state index in [1.807, 2.05) is 24.4 Å². The number of nitrogens with zero attached hydrogens (tertiary/aromatic N) is 4. The second kappa shape index (κ2) is 6.32. The minimum absolute atomic E-state index is 0.272. The number of piperidine rings is 1. The highest BCUT2D eigenvalue weighted by Gasteiger charge is 2.26. The molecule has 0 aromatic carbocycles. The predicted octanol–water partition coefficient (Wildman–Crippen LogP) is 2.77. The zero-order chi connectivity index (χ0) is 17.4. The van der Waals surface area contributed by atoms with E-state index in [0.29, 0.717) is 43.5 Å². The van der Waals surface area contributed by atoms with Gasteiger partial charge in [0.1, 0.15) is 10.6 Å². The van der Waals surface area contributed by atoms with Crippen LogP contribution in [0.15, 0.2) is 17.5 Å². The first-order valence-corrected chi connectivity index (χ1v) is 9.00. The van der Waals surface area contributed by atoms with Crippen LogP contribution >= 0.6 is 11.3 Å². The molecule has 1 fully saturated rings. The molecule has 3 N–H and O–H groups in total. The van der Waals surface area contributed by atoms with Crippen molar-refractivity contribution in [1.82, 2.24) is 20.2 Å². The molecule has 0 atom stereocenters. The highest BCUT2D eigenvalue weighted by Crippen LogP contribution is 2.30. The number of carboxylic acids is 1. The van der Waals surface area contributed by atoms with E-state index in [-0.39, 0.29) is 5.92 Å². The van der Waals surface area contributed by atoms with Gasteiger partial charge in [-0.15, -0.1) is 11.3 Å². The second-order valence-corrected chi connectivity index (χ2v) is 7.07. The third-order valence-electron chi connectivity index (χ3n) is 4.39. The maximum atomic E-state index is 11.1. The van der Waals surface area contributed by atoms with Gasteiger partial charge in [-0.1, -0.05) is 0 Å². The van der Waals surface area contributed by atoms with Gasteiger partial charge in [-0.05, 0) is 31.2 Å². The monoisotopic (exact) mass is 358 g/mol. The van der Waals surface area contributed by atoms with Crippen molar-refractivity contribution in [2.45, 2.75) is 19.8 Å². The van der Waals surface area contributed by atoms with Crippen molar-refractivity contribution in [3.63, 3.8) is 0 Å². The Morgan fingerprint density at radius 1 is 1.40 bits per heavy atom.